The second-order valence-electron chi connectivity index (χ2n) is 4.66. The van der Waals surface area contributed by atoms with E-state index in [1.165, 1.54) is 38.5 Å². The summed E-state index contributed by atoms with van der Waals surface area (Å²) in [5.41, 5.74) is 1.08. The third-order valence-corrected chi connectivity index (χ3v) is 4.14. The van der Waals surface area contributed by atoms with Crippen LogP contribution in [0.5, 0.6) is 0 Å². The van der Waals surface area contributed by atoms with Crippen molar-refractivity contribution in [3.05, 3.63) is 33.3 Å². The van der Waals surface area contributed by atoms with E-state index in [-0.39, 0.29) is 0 Å². The molecule has 0 atom stereocenters. The topological polar surface area (TPSA) is 9.23 Å². The van der Waals surface area contributed by atoms with Gasteiger partial charge in [-0.2, -0.15) is 0 Å². The molecule has 0 N–H and O–H groups in total. The largest absolute Gasteiger partial charge is 0.373 e. The van der Waals surface area contributed by atoms with Gasteiger partial charge in [0.15, 0.2) is 0 Å². The van der Waals surface area contributed by atoms with Crippen molar-refractivity contribution in [2.75, 3.05) is 0 Å². The van der Waals surface area contributed by atoms with Crippen LogP contribution in [0, 0.1) is 0 Å². The second kappa shape index (κ2) is 6.77. The van der Waals surface area contributed by atoms with E-state index in [0.717, 1.165) is 15.1 Å². The molecule has 1 aliphatic rings. The van der Waals surface area contributed by atoms with E-state index in [2.05, 4.69) is 15.9 Å². The van der Waals surface area contributed by atoms with Crippen molar-refractivity contribution in [3.63, 3.8) is 0 Å². The molecule has 2 rings (SSSR count). The molecular weight excluding hydrogens is 300 g/mol. The number of rotatable bonds is 3. The fourth-order valence-corrected chi connectivity index (χ4v) is 2.98. The highest BCUT2D eigenvalue weighted by Gasteiger charge is 2.13. The van der Waals surface area contributed by atoms with E-state index in [0.29, 0.717) is 12.7 Å². The van der Waals surface area contributed by atoms with Crippen LogP contribution in [0.4, 0.5) is 0 Å². The molecule has 0 radical (unpaired) electrons. The summed E-state index contributed by atoms with van der Waals surface area (Å²) in [6.07, 6.45) is 8.16. The fourth-order valence-electron chi connectivity index (χ4n) is 2.25. The van der Waals surface area contributed by atoms with Gasteiger partial charge in [-0.1, -0.05) is 59.3 Å². The van der Waals surface area contributed by atoms with E-state index in [1.807, 2.05) is 18.2 Å². The summed E-state index contributed by atoms with van der Waals surface area (Å²) >= 11 is 9.58. The zero-order valence-electron chi connectivity index (χ0n) is 9.92. The van der Waals surface area contributed by atoms with Crippen LogP contribution in [0.15, 0.2) is 22.7 Å². The first-order valence-electron chi connectivity index (χ1n) is 6.31. The van der Waals surface area contributed by atoms with Gasteiger partial charge in [-0.25, -0.2) is 0 Å². The predicted octanol–water partition coefficient (Wildman–Crippen LogP) is 5.34. The lowest BCUT2D eigenvalue weighted by atomic mass is 10.1. The van der Waals surface area contributed by atoms with Crippen molar-refractivity contribution >= 4 is 27.5 Å². The van der Waals surface area contributed by atoms with Gasteiger partial charge in [0.1, 0.15) is 0 Å². The monoisotopic (exact) mass is 316 g/mol. The normalized spacial score (nSPS) is 18.0. The quantitative estimate of drug-likeness (QED) is 0.684. The zero-order chi connectivity index (χ0) is 12.1. The Morgan fingerprint density at radius 2 is 1.88 bits per heavy atom. The zero-order valence-corrected chi connectivity index (χ0v) is 12.3. The van der Waals surface area contributed by atoms with Crippen molar-refractivity contribution < 1.29 is 4.74 Å². The lowest BCUT2D eigenvalue weighted by Crippen LogP contribution is -2.11. The van der Waals surface area contributed by atoms with Crippen LogP contribution in [0.2, 0.25) is 5.02 Å². The maximum absolute atomic E-state index is 6.17. The van der Waals surface area contributed by atoms with Crippen molar-refractivity contribution in [2.24, 2.45) is 0 Å². The molecule has 1 aromatic carbocycles. The molecule has 0 aliphatic heterocycles. The molecule has 0 aromatic heterocycles. The van der Waals surface area contributed by atoms with Crippen LogP contribution in [-0.4, -0.2) is 6.10 Å². The Morgan fingerprint density at radius 1 is 1.18 bits per heavy atom. The highest BCUT2D eigenvalue weighted by molar-refractivity contribution is 9.10. The van der Waals surface area contributed by atoms with Gasteiger partial charge >= 0.3 is 0 Å². The maximum Gasteiger partial charge on any atom is 0.0735 e. The molecule has 0 heterocycles. The molecular formula is C14H18BrClO. The lowest BCUT2D eigenvalue weighted by Gasteiger charge is -2.16. The summed E-state index contributed by atoms with van der Waals surface area (Å²) in [7, 11) is 0. The molecule has 0 saturated heterocycles. The molecule has 1 aromatic rings. The first-order chi connectivity index (χ1) is 8.25. The van der Waals surface area contributed by atoms with Crippen molar-refractivity contribution in [1.29, 1.82) is 0 Å². The van der Waals surface area contributed by atoms with Crippen LogP contribution >= 0.6 is 27.5 Å². The number of hydrogen-bond acceptors (Lipinski definition) is 1. The molecule has 94 valence electrons. The summed E-state index contributed by atoms with van der Waals surface area (Å²) in [4.78, 5) is 0. The van der Waals surface area contributed by atoms with Gasteiger partial charge < -0.3 is 4.74 Å². The predicted molar refractivity (Wildman–Crippen MR) is 75.4 cm³/mol. The first kappa shape index (κ1) is 13.4. The van der Waals surface area contributed by atoms with Crippen molar-refractivity contribution in [2.45, 2.75) is 51.2 Å². The second-order valence-corrected chi connectivity index (χ2v) is 5.98. The molecule has 1 saturated carbocycles. The van der Waals surface area contributed by atoms with E-state index < -0.39 is 0 Å². The molecule has 3 heteroatoms. The molecule has 0 bridgehead atoms. The summed E-state index contributed by atoms with van der Waals surface area (Å²) in [5.74, 6) is 0. The average Bonchev–Trinajstić information content (AvgIpc) is 2.56. The molecule has 1 fully saturated rings. The van der Waals surface area contributed by atoms with Crippen molar-refractivity contribution in [1.82, 2.24) is 0 Å². The Morgan fingerprint density at radius 3 is 2.53 bits per heavy atom. The molecule has 0 unspecified atom stereocenters. The lowest BCUT2D eigenvalue weighted by molar-refractivity contribution is 0.0310. The smallest absolute Gasteiger partial charge is 0.0735 e. The summed E-state index contributed by atoms with van der Waals surface area (Å²) in [5, 5.41) is 0.785. The van der Waals surface area contributed by atoms with E-state index in [4.69, 9.17) is 16.3 Å². The molecule has 1 nitrogen and oxygen atoms in total. The van der Waals surface area contributed by atoms with Crippen LogP contribution in [0.3, 0.4) is 0 Å². The first-order valence-corrected chi connectivity index (χ1v) is 7.48. The van der Waals surface area contributed by atoms with Crippen LogP contribution in [0.1, 0.15) is 44.1 Å². The summed E-state index contributed by atoms with van der Waals surface area (Å²) in [6, 6.07) is 5.97. The standard InChI is InChI=1S/C14H18BrClO/c15-12-8-7-11(14(16)9-12)10-17-13-5-3-1-2-4-6-13/h7-9,13H,1-6,10H2. The minimum Gasteiger partial charge on any atom is -0.373 e. The van der Waals surface area contributed by atoms with Gasteiger partial charge in [0, 0.05) is 9.50 Å². The van der Waals surface area contributed by atoms with Gasteiger partial charge in [0.2, 0.25) is 0 Å². The number of halogens is 2. The fraction of sp³-hybridized carbons (Fsp3) is 0.571. The Kier molecular flexibility index (Phi) is 5.33. The molecule has 1 aliphatic carbocycles. The van der Waals surface area contributed by atoms with E-state index in [9.17, 15) is 0 Å². The van der Waals surface area contributed by atoms with Gasteiger partial charge in [-0.3, -0.25) is 0 Å². The maximum atomic E-state index is 6.17. The van der Waals surface area contributed by atoms with Crippen LogP contribution < -0.4 is 0 Å². The molecule has 0 spiro atoms. The number of benzene rings is 1. The number of hydrogen-bond donors (Lipinski definition) is 0. The third kappa shape index (κ3) is 4.27. The van der Waals surface area contributed by atoms with E-state index >= 15 is 0 Å². The molecule has 17 heavy (non-hydrogen) atoms. The Labute approximate surface area is 117 Å². The third-order valence-electron chi connectivity index (χ3n) is 3.29. The van der Waals surface area contributed by atoms with Gasteiger partial charge in [-0.05, 0) is 30.5 Å². The Bertz CT molecular complexity index is 359. The van der Waals surface area contributed by atoms with Gasteiger partial charge in [0.05, 0.1) is 12.7 Å². The van der Waals surface area contributed by atoms with E-state index in [1.54, 1.807) is 0 Å². The summed E-state index contributed by atoms with van der Waals surface area (Å²) < 4.78 is 6.98. The van der Waals surface area contributed by atoms with Crippen LogP contribution in [-0.2, 0) is 11.3 Å². The Balaban J connectivity index is 1.88. The minimum atomic E-state index is 0.428. The van der Waals surface area contributed by atoms with Crippen LogP contribution in [0.25, 0.3) is 0 Å². The van der Waals surface area contributed by atoms with Gasteiger partial charge in [-0.15, -0.1) is 0 Å². The SMILES string of the molecule is Clc1cc(Br)ccc1COC1CCCCCC1. The highest BCUT2D eigenvalue weighted by atomic mass is 79.9. The van der Waals surface area contributed by atoms with Crippen molar-refractivity contribution in [3.8, 4) is 0 Å². The molecule has 0 amide bonds. The Hall–Kier alpha value is -0.0500. The minimum absolute atomic E-state index is 0.428. The summed E-state index contributed by atoms with van der Waals surface area (Å²) in [6.45, 7) is 0.636. The number of ether oxygens (including phenoxy) is 1. The van der Waals surface area contributed by atoms with Gasteiger partial charge in [0.25, 0.3) is 0 Å². The average molecular weight is 318 g/mol. The highest BCUT2D eigenvalue weighted by Crippen LogP contribution is 2.25.